The molecular weight excluding hydrogens is 288 g/mol. The van der Waals surface area contributed by atoms with Crippen LogP contribution in [0, 0.1) is 5.92 Å². The predicted molar refractivity (Wildman–Crippen MR) is 82.9 cm³/mol. The molecule has 1 aliphatic heterocycles. The molecule has 1 aromatic carbocycles. The van der Waals surface area contributed by atoms with Crippen LogP contribution in [0.5, 0.6) is 0 Å². The number of halogens is 1. The number of hydrogen-bond donors (Lipinski definition) is 1. The van der Waals surface area contributed by atoms with E-state index < -0.39 is 0 Å². The lowest BCUT2D eigenvalue weighted by atomic mass is 10.1. The maximum Gasteiger partial charge on any atom is 0.225 e. The Morgan fingerprint density at radius 3 is 2.90 bits per heavy atom. The van der Waals surface area contributed by atoms with Gasteiger partial charge in [0.1, 0.15) is 0 Å². The summed E-state index contributed by atoms with van der Waals surface area (Å²) >= 11 is 6.06. The zero-order valence-corrected chi connectivity index (χ0v) is 13.0. The lowest BCUT2D eigenvalue weighted by molar-refractivity contribution is -0.129. The van der Waals surface area contributed by atoms with Gasteiger partial charge in [-0.2, -0.15) is 0 Å². The molecule has 0 spiro atoms. The number of nitrogens with one attached hydrogen (secondary N) is 1. The zero-order chi connectivity index (χ0) is 15.2. The molecule has 2 rings (SSSR count). The standard InChI is InChI=1S/C16H21ClN2O2/c1-2-3-8-19-11-13(9-15(19)20)16(21)18-10-12-6-4-5-7-14(12)17/h4-7,13H,2-3,8-11H2,1H3,(H,18,21). The largest absolute Gasteiger partial charge is 0.352 e. The molecule has 0 aromatic heterocycles. The first-order chi connectivity index (χ1) is 10.1. The second-order valence-corrected chi connectivity index (χ2v) is 5.81. The van der Waals surface area contributed by atoms with Gasteiger partial charge in [-0.25, -0.2) is 0 Å². The minimum Gasteiger partial charge on any atom is -0.352 e. The summed E-state index contributed by atoms with van der Waals surface area (Å²) in [6.07, 6.45) is 2.35. The van der Waals surface area contributed by atoms with Crippen LogP contribution in [-0.4, -0.2) is 29.8 Å². The van der Waals surface area contributed by atoms with Gasteiger partial charge in [0, 0.05) is 31.1 Å². The summed E-state index contributed by atoms with van der Waals surface area (Å²) < 4.78 is 0. The summed E-state index contributed by atoms with van der Waals surface area (Å²) in [5.74, 6) is -0.222. The Hall–Kier alpha value is -1.55. The maximum atomic E-state index is 12.2. The molecule has 1 unspecified atom stereocenters. The molecule has 0 saturated carbocycles. The van der Waals surface area contributed by atoms with Crippen molar-refractivity contribution in [2.24, 2.45) is 5.92 Å². The molecule has 0 radical (unpaired) electrons. The van der Waals surface area contributed by atoms with Gasteiger partial charge in [-0.05, 0) is 18.1 Å². The molecule has 0 bridgehead atoms. The number of nitrogens with zero attached hydrogens (tertiary/aromatic N) is 1. The van der Waals surface area contributed by atoms with Gasteiger partial charge in [-0.15, -0.1) is 0 Å². The van der Waals surface area contributed by atoms with Crippen molar-refractivity contribution in [2.45, 2.75) is 32.7 Å². The fourth-order valence-corrected chi connectivity index (χ4v) is 2.68. The van der Waals surface area contributed by atoms with Gasteiger partial charge in [-0.3, -0.25) is 9.59 Å². The van der Waals surface area contributed by atoms with Gasteiger partial charge < -0.3 is 10.2 Å². The number of unbranched alkanes of at least 4 members (excludes halogenated alkanes) is 1. The van der Waals surface area contributed by atoms with E-state index in [1.807, 2.05) is 18.2 Å². The number of hydrogen-bond acceptors (Lipinski definition) is 2. The number of likely N-dealkylation sites (tertiary alicyclic amines) is 1. The van der Waals surface area contributed by atoms with Crippen LogP contribution in [0.4, 0.5) is 0 Å². The minimum atomic E-state index is -0.239. The molecule has 2 amide bonds. The molecule has 1 fully saturated rings. The number of rotatable bonds is 6. The highest BCUT2D eigenvalue weighted by Gasteiger charge is 2.33. The third kappa shape index (κ3) is 4.21. The van der Waals surface area contributed by atoms with Gasteiger partial charge in [0.15, 0.2) is 0 Å². The highest BCUT2D eigenvalue weighted by Crippen LogP contribution is 2.19. The first-order valence-corrected chi connectivity index (χ1v) is 7.78. The Morgan fingerprint density at radius 1 is 1.43 bits per heavy atom. The molecule has 1 atom stereocenters. The van der Waals surface area contributed by atoms with E-state index in [-0.39, 0.29) is 17.7 Å². The molecule has 1 heterocycles. The number of benzene rings is 1. The zero-order valence-electron chi connectivity index (χ0n) is 12.3. The van der Waals surface area contributed by atoms with Gasteiger partial charge in [0.05, 0.1) is 5.92 Å². The average Bonchev–Trinajstić information content (AvgIpc) is 2.85. The van der Waals surface area contributed by atoms with Crippen LogP contribution in [0.25, 0.3) is 0 Å². The summed E-state index contributed by atoms with van der Waals surface area (Å²) in [6.45, 7) is 3.78. The van der Waals surface area contributed by atoms with E-state index in [0.29, 0.717) is 24.5 Å². The molecule has 5 heteroatoms. The lowest BCUT2D eigenvalue weighted by Crippen LogP contribution is -2.33. The average molecular weight is 309 g/mol. The summed E-state index contributed by atoms with van der Waals surface area (Å²) in [5.41, 5.74) is 0.889. The summed E-state index contributed by atoms with van der Waals surface area (Å²) in [7, 11) is 0. The van der Waals surface area contributed by atoms with Crippen LogP contribution in [0.15, 0.2) is 24.3 Å². The Bertz CT molecular complexity index is 519. The molecule has 1 saturated heterocycles. The van der Waals surface area contributed by atoms with Crippen LogP contribution in [-0.2, 0) is 16.1 Å². The first-order valence-electron chi connectivity index (χ1n) is 7.40. The van der Waals surface area contributed by atoms with Crippen LogP contribution in [0.1, 0.15) is 31.7 Å². The second kappa shape index (κ2) is 7.46. The molecule has 1 N–H and O–H groups in total. The number of carbonyl (C=O) groups excluding carboxylic acids is 2. The molecular formula is C16H21ClN2O2. The van der Waals surface area contributed by atoms with Crippen LogP contribution >= 0.6 is 11.6 Å². The third-order valence-corrected chi connectivity index (χ3v) is 4.15. The Morgan fingerprint density at radius 2 is 2.19 bits per heavy atom. The van der Waals surface area contributed by atoms with Crippen molar-refractivity contribution in [1.82, 2.24) is 10.2 Å². The van der Waals surface area contributed by atoms with Crippen LogP contribution < -0.4 is 5.32 Å². The minimum absolute atomic E-state index is 0.0673. The van der Waals surface area contributed by atoms with Crippen molar-refractivity contribution < 1.29 is 9.59 Å². The highest BCUT2D eigenvalue weighted by atomic mass is 35.5. The lowest BCUT2D eigenvalue weighted by Gasteiger charge is -2.16. The normalized spacial score (nSPS) is 18.1. The highest BCUT2D eigenvalue weighted by molar-refractivity contribution is 6.31. The van der Waals surface area contributed by atoms with Crippen molar-refractivity contribution in [3.8, 4) is 0 Å². The predicted octanol–water partition coefficient (Wildman–Crippen LogP) is 2.60. The van der Waals surface area contributed by atoms with Crippen molar-refractivity contribution in [3.63, 3.8) is 0 Å². The number of amides is 2. The van der Waals surface area contributed by atoms with Crippen molar-refractivity contribution in [2.75, 3.05) is 13.1 Å². The topological polar surface area (TPSA) is 49.4 Å². The SMILES string of the molecule is CCCCN1CC(C(=O)NCc2ccccc2Cl)CC1=O. The Labute approximate surface area is 130 Å². The van der Waals surface area contributed by atoms with E-state index in [9.17, 15) is 9.59 Å². The van der Waals surface area contributed by atoms with Crippen molar-refractivity contribution in [1.29, 1.82) is 0 Å². The summed E-state index contributed by atoms with van der Waals surface area (Å²) in [4.78, 5) is 25.8. The number of carbonyl (C=O) groups is 2. The first kappa shape index (κ1) is 15.8. The van der Waals surface area contributed by atoms with Gasteiger partial charge in [-0.1, -0.05) is 43.1 Å². The monoisotopic (exact) mass is 308 g/mol. The molecule has 1 aliphatic rings. The fourth-order valence-electron chi connectivity index (χ4n) is 2.48. The van der Waals surface area contributed by atoms with E-state index in [1.54, 1.807) is 11.0 Å². The van der Waals surface area contributed by atoms with E-state index in [1.165, 1.54) is 0 Å². The third-order valence-electron chi connectivity index (χ3n) is 3.78. The molecule has 0 aliphatic carbocycles. The van der Waals surface area contributed by atoms with Crippen molar-refractivity contribution in [3.05, 3.63) is 34.9 Å². The quantitative estimate of drug-likeness (QED) is 0.878. The second-order valence-electron chi connectivity index (χ2n) is 5.40. The van der Waals surface area contributed by atoms with Gasteiger partial charge in [0.25, 0.3) is 0 Å². The van der Waals surface area contributed by atoms with E-state index in [2.05, 4.69) is 12.2 Å². The van der Waals surface area contributed by atoms with Crippen molar-refractivity contribution >= 4 is 23.4 Å². The van der Waals surface area contributed by atoms with Gasteiger partial charge >= 0.3 is 0 Å². The smallest absolute Gasteiger partial charge is 0.225 e. The molecule has 4 nitrogen and oxygen atoms in total. The van der Waals surface area contributed by atoms with Gasteiger partial charge in [0.2, 0.25) is 11.8 Å². The van der Waals surface area contributed by atoms with Crippen LogP contribution in [0.3, 0.4) is 0 Å². The van der Waals surface area contributed by atoms with E-state index in [4.69, 9.17) is 11.6 Å². The molecule has 1 aromatic rings. The van der Waals surface area contributed by atoms with Crippen LogP contribution in [0.2, 0.25) is 5.02 Å². The van der Waals surface area contributed by atoms with E-state index in [0.717, 1.165) is 24.9 Å². The van der Waals surface area contributed by atoms with E-state index >= 15 is 0 Å². The summed E-state index contributed by atoms with van der Waals surface area (Å²) in [5, 5.41) is 3.52. The summed E-state index contributed by atoms with van der Waals surface area (Å²) in [6, 6.07) is 7.43. The maximum absolute atomic E-state index is 12.2. The Kier molecular flexibility index (Phi) is 5.62. The molecule has 114 valence electrons. The Balaban J connectivity index is 1.84. The molecule has 21 heavy (non-hydrogen) atoms. The fraction of sp³-hybridized carbons (Fsp3) is 0.500.